The third-order valence-electron chi connectivity index (χ3n) is 7.49. The van der Waals surface area contributed by atoms with Crippen molar-refractivity contribution in [2.45, 2.75) is 70.9 Å². The van der Waals surface area contributed by atoms with E-state index in [0.717, 1.165) is 40.0 Å². The van der Waals surface area contributed by atoms with Gasteiger partial charge in [-0.2, -0.15) is 4.31 Å². The highest BCUT2D eigenvalue weighted by molar-refractivity contribution is 7.89. The minimum atomic E-state index is -3.82. The van der Waals surface area contributed by atoms with Gasteiger partial charge in [0.05, 0.1) is 24.4 Å². The third kappa shape index (κ3) is 6.01. The van der Waals surface area contributed by atoms with Crippen LogP contribution in [0.1, 0.15) is 76.3 Å². The number of carbonyl (C=O) groups is 2. The average molecular weight is 584 g/mol. The molecule has 0 fully saturated rings. The fraction of sp³-hybridized carbons (Fsp3) is 0.419. The van der Waals surface area contributed by atoms with Crippen LogP contribution in [0.3, 0.4) is 0 Å². The lowest BCUT2D eigenvalue weighted by Crippen LogP contribution is -2.36. The van der Waals surface area contributed by atoms with E-state index in [4.69, 9.17) is 9.47 Å². The molecule has 214 valence electrons. The van der Waals surface area contributed by atoms with Gasteiger partial charge in [-0.25, -0.2) is 8.42 Å². The number of esters is 1. The number of benzene rings is 2. The zero-order valence-electron chi connectivity index (χ0n) is 23.9. The summed E-state index contributed by atoms with van der Waals surface area (Å²) in [7, 11) is -2.45. The Balaban J connectivity index is 1.78. The summed E-state index contributed by atoms with van der Waals surface area (Å²) in [6, 6.07) is 14.7. The normalized spacial score (nSPS) is 18.2. The molecule has 0 bridgehead atoms. The van der Waals surface area contributed by atoms with Crippen LogP contribution in [-0.4, -0.2) is 44.2 Å². The molecule has 1 aromatic heterocycles. The molecular weight excluding hydrogens is 546 g/mol. The van der Waals surface area contributed by atoms with Gasteiger partial charge in [-0.1, -0.05) is 50.6 Å². The number of aryl methyl sites for hydroxylation is 2. The molecule has 1 aliphatic rings. The smallest absolute Gasteiger partial charge is 0.309 e. The van der Waals surface area contributed by atoms with Crippen molar-refractivity contribution in [2.24, 2.45) is 5.92 Å². The minimum absolute atomic E-state index is 0.0154. The van der Waals surface area contributed by atoms with Crippen LogP contribution in [0.15, 0.2) is 53.4 Å². The van der Waals surface area contributed by atoms with Crippen LogP contribution >= 0.6 is 11.3 Å². The molecule has 3 atom stereocenters. The number of methoxy groups -OCH3 is 1. The Kier molecular flexibility index (Phi) is 9.17. The standard InChI is InChI=1S/C31H37NO6S2/c1-7-10-25-18-32(40(35,36)28-12-9-8-11-26(28)38-25)17-24-16-23(14-13-19(24)2)29(21(4)31(34)37-6)27-15-20(3)30(39-27)22(5)33/h8-9,11-16,21,25,29H,7,10,17-18H2,1-6H3/t21?,25-,29?/m1/s1. The van der Waals surface area contributed by atoms with Crippen molar-refractivity contribution in [2.75, 3.05) is 13.7 Å². The molecule has 9 heteroatoms. The van der Waals surface area contributed by atoms with Crippen LogP contribution in [0.4, 0.5) is 0 Å². The number of hydrogen-bond acceptors (Lipinski definition) is 7. The first-order valence-corrected chi connectivity index (χ1v) is 15.8. The molecule has 4 rings (SSSR count). The van der Waals surface area contributed by atoms with Crippen LogP contribution in [0.5, 0.6) is 5.75 Å². The van der Waals surface area contributed by atoms with Gasteiger partial charge in [-0.3, -0.25) is 9.59 Å². The largest absolute Gasteiger partial charge is 0.488 e. The van der Waals surface area contributed by atoms with Crippen molar-refractivity contribution in [3.63, 3.8) is 0 Å². The molecular formula is C31H37NO6S2. The Morgan fingerprint density at radius 3 is 2.50 bits per heavy atom. The van der Waals surface area contributed by atoms with E-state index in [9.17, 15) is 18.0 Å². The van der Waals surface area contributed by atoms with Crippen molar-refractivity contribution in [3.05, 3.63) is 80.5 Å². The summed E-state index contributed by atoms with van der Waals surface area (Å²) in [5.74, 6) is -0.863. The second-order valence-corrected chi connectivity index (χ2v) is 13.5. The average Bonchev–Trinajstić information content (AvgIpc) is 3.26. The zero-order chi connectivity index (χ0) is 29.2. The van der Waals surface area contributed by atoms with E-state index in [-0.39, 0.29) is 41.8 Å². The van der Waals surface area contributed by atoms with Crippen LogP contribution in [0.25, 0.3) is 0 Å². The molecule has 0 aliphatic carbocycles. The van der Waals surface area contributed by atoms with Crippen molar-refractivity contribution in [3.8, 4) is 5.75 Å². The van der Waals surface area contributed by atoms with E-state index in [1.807, 2.05) is 45.0 Å². The molecule has 40 heavy (non-hydrogen) atoms. The summed E-state index contributed by atoms with van der Waals surface area (Å²) in [4.78, 5) is 26.7. The maximum atomic E-state index is 13.8. The van der Waals surface area contributed by atoms with Crippen LogP contribution in [0, 0.1) is 19.8 Å². The lowest BCUT2D eigenvalue weighted by Gasteiger charge is -2.26. The van der Waals surface area contributed by atoms with Crippen LogP contribution < -0.4 is 4.74 Å². The maximum Gasteiger partial charge on any atom is 0.309 e. The van der Waals surface area contributed by atoms with E-state index in [2.05, 4.69) is 6.92 Å². The first-order valence-electron chi connectivity index (χ1n) is 13.5. The lowest BCUT2D eigenvalue weighted by molar-refractivity contribution is -0.145. The first kappa shape index (κ1) is 30.0. The van der Waals surface area contributed by atoms with Gasteiger partial charge in [-0.05, 0) is 67.6 Å². The van der Waals surface area contributed by atoms with Crippen molar-refractivity contribution in [1.29, 1.82) is 0 Å². The summed E-state index contributed by atoms with van der Waals surface area (Å²) in [6.45, 7) is 9.68. The Morgan fingerprint density at radius 1 is 1.12 bits per heavy atom. The molecule has 0 radical (unpaired) electrons. The van der Waals surface area contributed by atoms with E-state index in [1.165, 1.54) is 22.8 Å². The van der Waals surface area contributed by atoms with Gasteiger partial charge in [0, 0.05) is 17.3 Å². The van der Waals surface area contributed by atoms with E-state index in [0.29, 0.717) is 10.6 Å². The number of thiophene rings is 1. The molecule has 2 heterocycles. The quantitative estimate of drug-likeness (QED) is 0.218. The molecule has 0 saturated carbocycles. The zero-order valence-corrected chi connectivity index (χ0v) is 25.5. The number of Topliss-reactive ketones (excluding diaryl/α,β-unsaturated/α-hetero) is 1. The predicted octanol–water partition coefficient (Wildman–Crippen LogP) is 6.26. The number of hydrogen-bond donors (Lipinski definition) is 0. The maximum absolute atomic E-state index is 13.8. The molecule has 2 unspecified atom stereocenters. The van der Waals surface area contributed by atoms with E-state index < -0.39 is 15.9 Å². The number of fused-ring (bicyclic) bond motifs is 1. The fourth-order valence-corrected chi connectivity index (χ4v) is 8.21. The number of sulfonamides is 1. The van der Waals surface area contributed by atoms with Gasteiger partial charge in [-0.15, -0.1) is 11.3 Å². The first-order chi connectivity index (χ1) is 19.0. The number of ketones is 1. The summed E-state index contributed by atoms with van der Waals surface area (Å²) in [5.41, 5.74) is 3.53. The minimum Gasteiger partial charge on any atom is -0.488 e. The van der Waals surface area contributed by atoms with Gasteiger partial charge in [0.15, 0.2) is 5.78 Å². The lowest BCUT2D eigenvalue weighted by atomic mass is 9.84. The molecule has 0 N–H and O–H groups in total. The summed E-state index contributed by atoms with van der Waals surface area (Å²) >= 11 is 1.39. The molecule has 0 amide bonds. The SMILES string of the molecule is CCC[C@@H]1CN(Cc2cc(C(c3cc(C)c(C(C)=O)s3)C(C)C(=O)OC)ccc2C)S(=O)(=O)c2ccccc2O1. The highest BCUT2D eigenvalue weighted by Crippen LogP contribution is 2.40. The highest BCUT2D eigenvalue weighted by Gasteiger charge is 2.35. The van der Waals surface area contributed by atoms with Gasteiger partial charge in [0.2, 0.25) is 10.0 Å². The highest BCUT2D eigenvalue weighted by atomic mass is 32.2. The van der Waals surface area contributed by atoms with Crippen LogP contribution in [0.2, 0.25) is 0 Å². The van der Waals surface area contributed by atoms with Gasteiger partial charge in [0.1, 0.15) is 16.7 Å². The van der Waals surface area contributed by atoms with E-state index >= 15 is 0 Å². The molecule has 0 spiro atoms. The molecule has 0 saturated heterocycles. The van der Waals surface area contributed by atoms with Crippen molar-refractivity contribution in [1.82, 2.24) is 4.31 Å². The van der Waals surface area contributed by atoms with Crippen molar-refractivity contribution < 1.29 is 27.5 Å². The number of carbonyl (C=O) groups excluding carboxylic acids is 2. The Morgan fingerprint density at radius 2 is 1.85 bits per heavy atom. The summed E-state index contributed by atoms with van der Waals surface area (Å²) < 4.78 is 40.4. The van der Waals surface area contributed by atoms with E-state index in [1.54, 1.807) is 31.2 Å². The molecule has 2 aromatic carbocycles. The third-order valence-corrected chi connectivity index (χ3v) is 10.8. The van der Waals surface area contributed by atoms with Crippen LogP contribution in [-0.2, 0) is 26.1 Å². The van der Waals surface area contributed by atoms with Gasteiger partial charge < -0.3 is 9.47 Å². The number of ether oxygens (including phenoxy) is 2. The topological polar surface area (TPSA) is 90.0 Å². The molecule has 7 nitrogen and oxygen atoms in total. The number of para-hydroxylation sites is 1. The fourth-order valence-electron chi connectivity index (χ4n) is 5.34. The predicted molar refractivity (Wildman–Crippen MR) is 157 cm³/mol. The summed E-state index contributed by atoms with van der Waals surface area (Å²) in [6.07, 6.45) is 1.33. The Bertz CT molecular complexity index is 1510. The molecule has 3 aromatic rings. The second-order valence-electron chi connectivity index (χ2n) is 10.5. The number of rotatable bonds is 9. The molecule has 1 aliphatic heterocycles. The summed E-state index contributed by atoms with van der Waals surface area (Å²) in [5, 5.41) is 0. The van der Waals surface area contributed by atoms with Gasteiger partial charge in [0.25, 0.3) is 0 Å². The monoisotopic (exact) mass is 583 g/mol. The van der Waals surface area contributed by atoms with Crippen molar-refractivity contribution >= 4 is 33.1 Å². The Hall–Kier alpha value is -3.01. The Labute approximate surface area is 241 Å². The number of nitrogens with zero attached hydrogens (tertiary/aromatic N) is 1. The second kappa shape index (κ2) is 12.2. The van der Waals surface area contributed by atoms with Gasteiger partial charge >= 0.3 is 5.97 Å².